The van der Waals surface area contributed by atoms with Crippen LogP contribution >= 0.6 is 0 Å². The molecule has 5 heteroatoms. The van der Waals surface area contributed by atoms with E-state index in [1.165, 1.54) is 21.9 Å². The lowest BCUT2D eigenvalue weighted by molar-refractivity contribution is 0.0674. The number of fused-ring (bicyclic) bond motifs is 2. The normalized spacial score (nSPS) is 28.6. The maximum atomic E-state index is 13.3. The molecule has 2 atom stereocenters. The Bertz CT molecular complexity index is 920. The molecule has 0 bridgehead atoms. The van der Waals surface area contributed by atoms with Gasteiger partial charge in [0, 0.05) is 31.0 Å². The summed E-state index contributed by atoms with van der Waals surface area (Å²) in [4.78, 5) is 14.3. The minimum absolute atomic E-state index is 0.101. The van der Waals surface area contributed by atoms with E-state index in [4.69, 9.17) is 0 Å². The third kappa shape index (κ3) is 2.80. The van der Waals surface area contributed by atoms with Crippen LogP contribution in [0.3, 0.4) is 0 Å². The SMILES string of the molecule is O=C(NC1CC2C(C1)C2(F)F)N1CC=C(c2cccc3ccccc23)CC1. The molecular formula is C22H22F2N2O. The lowest BCUT2D eigenvalue weighted by Gasteiger charge is -2.29. The van der Waals surface area contributed by atoms with Gasteiger partial charge in [0.1, 0.15) is 0 Å². The van der Waals surface area contributed by atoms with E-state index in [9.17, 15) is 13.6 Å². The highest BCUT2D eigenvalue weighted by Gasteiger charge is 2.71. The fraction of sp³-hybridized carbons (Fsp3) is 0.409. The molecule has 2 saturated carbocycles. The highest BCUT2D eigenvalue weighted by Crippen LogP contribution is 2.64. The van der Waals surface area contributed by atoms with Crippen molar-refractivity contribution in [1.29, 1.82) is 0 Å². The van der Waals surface area contributed by atoms with Gasteiger partial charge in [0.05, 0.1) is 0 Å². The number of rotatable bonds is 2. The van der Waals surface area contributed by atoms with Gasteiger partial charge >= 0.3 is 6.03 Å². The molecule has 1 N–H and O–H groups in total. The van der Waals surface area contributed by atoms with Crippen LogP contribution in [0.5, 0.6) is 0 Å². The number of nitrogens with zero attached hydrogens (tertiary/aromatic N) is 1. The third-order valence-corrected chi connectivity index (χ3v) is 6.40. The van der Waals surface area contributed by atoms with Crippen LogP contribution in [0.1, 0.15) is 24.8 Å². The number of carbonyl (C=O) groups excluding carboxylic acids is 1. The van der Waals surface area contributed by atoms with Crippen molar-refractivity contribution in [3.05, 3.63) is 54.1 Å². The first-order valence-electron chi connectivity index (χ1n) is 9.64. The molecule has 1 heterocycles. The molecule has 2 amide bonds. The highest BCUT2D eigenvalue weighted by atomic mass is 19.3. The molecule has 0 radical (unpaired) electrons. The van der Waals surface area contributed by atoms with Gasteiger partial charge in [0.15, 0.2) is 0 Å². The molecule has 140 valence electrons. The fourth-order valence-electron chi connectivity index (χ4n) is 4.80. The minimum atomic E-state index is -2.48. The Balaban J connectivity index is 1.24. The van der Waals surface area contributed by atoms with Gasteiger partial charge in [-0.05, 0) is 41.2 Å². The molecule has 2 aliphatic carbocycles. The maximum absolute atomic E-state index is 13.3. The Labute approximate surface area is 157 Å². The zero-order chi connectivity index (χ0) is 18.6. The molecule has 0 spiro atoms. The number of carbonyl (C=O) groups is 1. The van der Waals surface area contributed by atoms with Gasteiger partial charge in [-0.2, -0.15) is 0 Å². The lowest BCUT2D eigenvalue weighted by atomic mass is 9.94. The fourth-order valence-corrected chi connectivity index (χ4v) is 4.80. The second kappa shape index (κ2) is 6.04. The molecule has 2 unspecified atom stereocenters. The van der Waals surface area contributed by atoms with E-state index in [-0.39, 0.29) is 12.1 Å². The summed E-state index contributed by atoms with van der Waals surface area (Å²) in [5, 5.41) is 5.40. The predicted molar refractivity (Wildman–Crippen MR) is 102 cm³/mol. The van der Waals surface area contributed by atoms with E-state index in [1.807, 2.05) is 12.1 Å². The van der Waals surface area contributed by atoms with E-state index in [1.54, 1.807) is 4.90 Å². The Morgan fingerprint density at radius 2 is 1.81 bits per heavy atom. The lowest BCUT2D eigenvalue weighted by Crippen LogP contribution is -2.46. The standard InChI is InChI=1S/C22H22F2N2O/c23-22(24)19-12-16(13-20(19)22)25-21(27)26-10-8-15(9-11-26)18-7-3-5-14-4-1-2-6-17(14)18/h1-8,16,19-20H,9-13H2,(H,25,27). The van der Waals surface area contributed by atoms with Crippen LogP contribution < -0.4 is 5.32 Å². The summed E-state index contributed by atoms with van der Waals surface area (Å²) in [6.45, 7) is 1.21. The average Bonchev–Trinajstić information content (AvgIpc) is 3.02. The van der Waals surface area contributed by atoms with Crippen LogP contribution in [-0.4, -0.2) is 36.0 Å². The van der Waals surface area contributed by atoms with Crippen molar-refractivity contribution in [3.8, 4) is 0 Å². The molecular weight excluding hydrogens is 346 g/mol. The number of alkyl halides is 2. The number of halogens is 2. The van der Waals surface area contributed by atoms with Crippen molar-refractivity contribution >= 4 is 22.4 Å². The van der Waals surface area contributed by atoms with Gasteiger partial charge in [-0.3, -0.25) is 0 Å². The van der Waals surface area contributed by atoms with Crippen molar-refractivity contribution in [2.45, 2.75) is 31.2 Å². The van der Waals surface area contributed by atoms with Gasteiger partial charge in [-0.1, -0.05) is 48.5 Å². The van der Waals surface area contributed by atoms with Crippen molar-refractivity contribution in [3.63, 3.8) is 0 Å². The predicted octanol–water partition coefficient (Wildman–Crippen LogP) is 4.68. The number of amides is 2. The second-order valence-electron chi connectivity index (χ2n) is 7.96. The van der Waals surface area contributed by atoms with E-state index < -0.39 is 17.8 Å². The highest BCUT2D eigenvalue weighted by molar-refractivity contribution is 5.94. The van der Waals surface area contributed by atoms with Gasteiger partial charge < -0.3 is 10.2 Å². The van der Waals surface area contributed by atoms with Crippen LogP contribution in [0.25, 0.3) is 16.3 Å². The van der Waals surface area contributed by atoms with Gasteiger partial charge in [0.2, 0.25) is 0 Å². The largest absolute Gasteiger partial charge is 0.335 e. The number of nitrogens with one attached hydrogen (secondary N) is 1. The molecule has 1 aliphatic heterocycles. The van der Waals surface area contributed by atoms with Crippen LogP contribution in [0.2, 0.25) is 0 Å². The molecule has 27 heavy (non-hydrogen) atoms. The molecule has 0 saturated heterocycles. The summed E-state index contributed by atoms with van der Waals surface area (Å²) >= 11 is 0. The molecule has 2 aromatic carbocycles. The smallest absolute Gasteiger partial charge is 0.317 e. The van der Waals surface area contributed by atoms with Crippen molar-refractivity contribution in [2.75, 3.05) is 13.1 Å². The topological polar surface area (TPSA) is 32.3 Å². The summed E-state index contributed by atoms with van der Waals surface area (Å²) in [7, 11) is 0. The van der Waals surface area contributed by atoms with Crippen molar-refractivity contribution in [1.82, 2.24) is 10.2 Å². The van der Waals surface area contributed by atoms with Gasteiger partial charge in [-0.15, -0.1) is 0 Å². The van der Waals surface area contributed by atoms with Crippen LogP contribution in [0.15, 0.2) is 48.5 Å². The molecule has 3 aliphatic rings. The van der Waals surface area contributed by atoms with E-state index >= 15 is 0 Å². The maximum Gasteiger partial charge on any atom is 0.317 e. The second-order valence-corrected chi connectivity index (χ2v) is 7.96. The first kappa shape index (κ1) is 16.7. The van der Waals surface area contributed by atoms with E-state index in [2.05, 4.69) is 41.7 Å². The van der Waals surface area contributed by atoms with E-state index in [0.29, 0.717) is 25.9 Å². The number of benzene rings is 2. The van der Waals surface area contributed by atoms with E-state index in [0.717, 1.165) is 6.42 Å². The summed E-state index contributed by atoms with van der Waals surface area (Å²) in [6.07, 6.45) is 3.74. The Hall–Kier alpha value is -2.43. The number of hydrogen-bond acceptors (Lipinski definition) is 1. The van der Waals surface area contributed by atoms with Crippen LogP contribution in [0.4, 0.5) is 13.6 Å². The molecule has 0 aromatic heterocycles. The first-order valence-corrected chi connectivity index (χ1v) is 9.64. The Morgan fingerprint density at radius 1 is 1.07 bits per heavy atom. The summed E-state index contributed by atoms with van der Waals surface area (Å²) in [5.41, 5.74) is 2.49. The van der Waals surface area contributed by atoms with Crippen molar-refractivity contribution < 1.29 is 13.6 Å². The molecule has 3 nitrogen and oxygen atoms in total. The van der Waals surface area contributed by atoms with Crippen molar-refractivity contribution in [2.24, 2.45) is 11.8 Å². The number of hydrogen-bond donors (Lipinski definition) is 1. The minimum Gasteiger partial charge on any atom is -0.335 e. The van der Waals surface area contributed by atoms with Crippen LogP contribution in [-0.2, 0) is 0 Å². The number of urea groups is 1. The average molecular weight is 368 g/mol. The Morgan fingerprint density at radius 3 is 2.56 bits per heavy atom. The van der Waals surface area contributed by atoms with Crippen LogP contribution in [0, 0.1) is 11.8 Å². The van der Waals surface area contributed by atoms with Gasteiger partial charge in [0.25, 0.3) is 5.92 Å². The molecule has 5 rings (SSSR count). The summed E-state index contributed by atoms with van der Waals surface area (Å²) in [5.74, 6) is -3.51. The molecule has 2 aromatic rings. The zero-order valence-electron chi connectivity index (χ0n) is 15.0. The monoisotopic (exact) mass is 368 g/mol. The molecule has 2 fully saturated rings. The Kier molecular flexibility index (Phi) is 3.74. The summed E-state index contributed by atoms with van der Waals surface area (Å²) in [6, 6.07) is 14.4. The first-order chi connectivity index (χ1) is 13.0. The van der Waals surface area contributed by atoms with Gasteiger partial charge in [-0.25, -0.2) is 13.6 Å². The zero-order valence-corrected chi connectivity index (χ0v) is 15.0. The third-order valence-electron chi connectivity index (χ3n) is 6.40. The quantitative estimate of drug-likeness (QED) is 0.820. The summed E-state index contributed by atoms with van der Waals surface area (Å²) < 4.78 is 26.6.